The first kappa shape index (κ1) is 28.6. The van der Waals surface area contributed by atoms with Gasteiger partial charge >= 0.3 is 0 Å². The van der Waals surface area contributed by atoms with Crippen LogP contribution in [0, 0.1) is 30.1 Å². The second-order valence-electron chi connectivity index (χ2n) is 10.9. The molecule has 3 heterocycles. The Morgan fingerprint density at radius 2 is 1.61 bits per heavy atom. The third-order valence-corrected chi connectivity index (χ3v) is 8.27. The summed E-state index contributed by atoms with van der Waals surface area (Å²) in [7, 11) is 0. The number of amides is 1. The van der Waals surface area contributed by atoms with Crippen molar-refractivity contribution in [2.24, 2.45) is 17.8 Å². The van der Waals surface area contributed by atoms with Gasteiger partial charge in [-0.2, -0.15) is 17.5 Å². The number of nitrogens with zero attached hydrogens (tertiary/aromatic N) is 3. The van der Waals surface area contributed by atoms with E-state index < -0.39 is 5.92 Å². The van der Waals surface area contributed by atoms with Gasteiger partial charge in [0.15, 0.2) is 0 Å². The summed E-state index contributed by atoms with van der Waals surface area (Å²) in [5.41, 5.74) is 6.29. The minimum absolute atomic E-state index is 0.00107. The number of aryl methyl sites for hydroxylation is 1. The van der Waals surface area contributed by atoms with E-state index >= 15 is 0 Å². The molecule has 5 rings (SSSR count). The molecule has 0 spiro atoms. The van der Waals surface area contributed by atoms with Gasteiger partial charge in [-0.3, -0.25) is 10.2 Å². The van der Waals surface area contributed by atoms with Gasteiger partial charge in [0.2, 0.25) is 12.3 Å². The Kier molecular flexibility index (Phi) is 8.90. The van der Waals surface area contributed by atoms with E-state index in [1.54, 1.807) is 0 Å². The summed E-state index contributed by atoms with van der Waals surface area (Å²) in [6, 6.07) is 16.6. The van der Waals surface area contributed by atoms with Crippen molar-refractivity contribution in [3.8, 4) is 33.6 Å². The van der Waals surface area contributed by atoms with Crippen molar-refractivity contribution in [3.63, 3.8) is 0 Å². The highest BCUT2D eigenvalue weighted by Gasteiger charge is 2.40. The lowest BCUT2D eigenvalue weighted by molar-refractivity contribution is -0.229. The molecule has 0 bridgehead atoms. The maximum atomic E-state index is 13.6. The number of hydrogen-bond acceptors (Lipinski definition) is 7. The number of hydrogen-bond donors (Lipinski definition) is 4. The Bertz CT molecular complexity index is 1460. The van der Waals surface area contributed by atoms with Gasteiger partial charge in [-0.25, -0.2) is 9.97 Å². The van der Waals surface area contributed by atoms with Gasteiger partial charge in [-0.1, -0.05) is 62.4 Å². The van der Waals surface area contributed by atoms with Crippen LogP contribution in [0.25, 0.3) is 33.6 Å². The number of benzene rings is 2. The Balaban J connectivity index is 1.31. The molecule has 0 saturated carbocycles. The van der Waals surface area contributed by atoms with Crippen LogP contribution >= 0.6 is 12.6 Å². The SMILES string of the molecule is Cc1ncc(-c2ccc(-c3ccc(-c4cnc([C@@H]5C[C@H](CS)CN5C(=O)[C@@H](COOC=N)C(C)C)[nH]4)cc3)cc2)[nH]1. The molecule has 1 aliphatic heterocycles. The number of aromatic nitrogens is 4. The zero-order valence-corrected chi connectivity index (χ0v) is 24.4. The minimum atomic E-state index is -0.393. The average Bonchev–Trinajstić information content (AvgIpc) is 3.75. The van der Waals surface area contributed by atoms with Gasteiger partial charge in [-0.15, -0.1) is 0 Å². The standard InChI is InChI=1S/C31H36N6O3S/c1-19(2)26(16-39-40-18-32)31(38)37-15-21(17-41)12-29(37)30-34-14-28(36-30)25-10-6-23(7-11-25)22-4-8-24(9-5-22)27-13-33-20(3)35-27/h4-11,13-14,18-19,21,26,29,32,41H,12,15-17H2,1-3H3,(H,33,35)(H,34,36)/t21-,26-,29-/m0/s1. The summed E-state index contributed by atoms with van der Waals surface area (Å²) in [5, 5.41) is 7.00. The highest BCUT2D eigenvalue weighted by atomic mass is 32.1. The summed E-state index contributed by atoms with van der Waals surface area (Å²) in [4.78, 5) is 41.0. The van der Waals surface area contributed by atoms with Crippen molar-refractivity contribution in [2.75, 3.05) is 18.9 Å². The second-order valence-corrected chi connectivity index (χ2v) is 11.2. The molecule has 1 saturated heterocycles. The third-order valence-electron chi connectivity index (χ3n) is 7.75. The number of nitrogens with one attached hydrogen (secondary N) is 3. The number of thiol groups is 1. The highest BCUT2D eigenvalue weighted by molar-refractivity contribution is 7.80. The molecule has 1 fully saturated rings. The first-order valence-corrected chi connectivity index (χ1v) is 14.5. The molecule has 0 aliphatic carbocycles. The van der Waals surface area contributed by atoms with Crippen molar-refractivity contribution in [2.45, 2.75) is 33.2 Å². The smallest absolute Gasteiger partial charge is 0.229 e. The number of imidazole rings is 2. The lowest BCUT2D eigenvalue weighted by Crippen LogP contribution is -2.40. The summed E-state index contributed by atoms with van der Waals surface area (Å²) in [6.07, 6.45) is 5.19. The zero-order valence-electron chi connectivity index (χ0n) is 23.5. The first-order chi connectivity index (χ1) is 19.9. The maximum absolute atomic E-state index is 13.6. The quantitative estimate of drug-likeness (QED) is 0.0433. The predicted octanol–water partition coefficient (Wildman–Crippen LogP) is 6.09. The van der Waals surface area contributed by atoms with Gasteiger partial charge in [0, 0.05) is 6.54 Å². The van der Waals surface area contributed by atoms with Gasteiger partial charge in [0.05, 0.1) is 35.7 Å². The van der Waals surface area contributed by atoms with Crippen molar-refractivity contribution in [3.05, 3.63) is 72.6 Å². The third kappa shape index (κ3) is 6.39. The molecule has 10 heteroatoms. The largest absolute Gasteiger partial charge is 0.342 e. The Labute approximate surface area is 245 Å². The molecular weight excluding hydrogens is 536 g/mol. The van der Waals surface area contributed by atoms with Crippen LogP contribution in [0.2, 0.25) is 0 Å². The maximum Gasteiger partial charge on any atom is 0.229 e. The molecule has 0 unspecified atom stereocenters. The van der Waals surface area contributed by atoms with Gasteiger partial charge in [-0.05, 0) is 53.2 Å². The molecule has 4 aromatic rings. The van der Waals surface area contributed by atoms with Crippen LogP contribution in [0.4, 0.5) is 0 Å². The normalized spacial score (nSPS) is 17.6. The van der Waals surface area contributed by atoms with Crippen LogP contribution in [0.15, 0.2) is 60.9 Å². The van der Waals surface area contributed by atoms with Crippen molar-refractivity contribution in [1.29, 1.82) is 5.41 Å². The summed E-state index contributed by atoms with van der Waals surface area (Å²) in [5.74, 6) is 2.28. The van der Waals surface area contributed by atoms with E-state index in [0.29, 0.717) is 18.7 Å². The van der Waals surface area contributed by atoms with E-state index in [1.165, 1.54) is 0 Å². The van der Waals surface area contributed by atoms with E-state index in [-0.39, 0.29) is 30.4 Å². The van der Waals surface area contributed by atoms with E-state index in [1.807, 2.05) is 38.1 Å². The summed E-state index contributed by atoms with van der Waals surface area (Å²) in [6.45, 7) is 6.62. The topological polar surface area (TPSA) is 120 Å². The fourth-order valence-electron chi connectivity index (χ4n) is 5.37. The number of likely N-dealkylation sites (tertiary alicyclic amines) is 1. The van der Waals surface area contributed by atoms with Crippen LogP contribution in [0.1, 0.15) is 38.0 Å². The van der Waals surface area contributed by atoms with Crippen LogP contribution in [0.3, 0.4) is 0 Å². The fraction of sp³-hybridized carbons (Fsp3) is 0.355. The van der Waals surface area contributed by atoms with Crippen molar-refractivity contribution >= 4 is 24.9 Å². The van der Waals surface area contributed by atoms with E-state index in [0.717, 1.165) is 51.7 Å². The molecule has 1 aliphatic rings. The first-order valence-electron chi connectivity index (χ1n) is 13.8. The van der Waals surface area contributed by atoms with Crippen LogP contribution < -0.4 is 0 Å². The zero-order chi connectivity index (χ0) is 28.9. The van der Waals surface area contributed by atoms with Crippen LogP contribution in [0.5, 0.6) is 0 Å². The molecule has 3 atom stereocenters. The highest BCUT2D eigenvalue weighted by Crippen LogP contribution is 2.37. The molecular formula is C31H36N6O3S. The molecule has 214 valence electrons. The second kappa shape index (κ2) is 12.7. The Morgan fingerprint density at radius 3 is 2.15 bits per heavy atom. The molecule has 2 aromatic carbocycles. The van der Waals surface area contributed by atoms with Crippen LogP contribution in [-0.2, 0) is 14.6 Å². The van der Waals surface area contributed by atoms with Crippen molar-refractivity contribution in [1.82, 2.24) is 24.8 Å². The van der Waals surface area contributed by atoms with Crippen molar-refractivity contribution < 1.29 is 14.6 Å². The lowest BCUT2D eigenvalue weighted by atomic mass is 9.95. The molecule has 3 N–H and O–H groups in total. The summed E-state index contributed by atoms with van der Waals surface area (Å²) >= 11 is 4.52. The van der Waals surface area contributed by atoms with Gasteiger partial charge < -0.3 is 19.8 Å². The monoisotopic (exact) mass is 572 g/mol. The average molecular weight is 573 g/mol. The van der Waals surface area contributed by atoms with Gasteiger partial charge in [0.1, 0.15) is 18.3 Å². The van der Waals surface area contributed by atoms with E-state index in [4.69, 9.17) is 15.3 Å². The van der Waals surface area contributed by atoms with E-state index in [9.17, 15) is 4.79 Å². The molecule has 2 aromatic heterocycles. The minimum Gasteiger partial charge on any atom is -0.342 e. The number of carbonyl (C=O) groups excluding carboxylic acids is 1. The Morgan fingerprint density at radius 1 is 1.02 bits per heavy atom. The number of aromatic amines is 2. The fourth-order valence-corrected chi connectivity index (χ4v) is 5.64. The van der Waals surface area contributed by atoms with E-state index in [2.05, 4.69) is 81.0 Å². The molecule has 0 radical (unpaired) electrons. The molecule has 1 amide bonds. The number of carbonyl (C=O) groups is 1. The number of rotatable bonds is 11. The van der Waals surface area contributed by atoms with Gasteiger partial charge in [0.25, 0.3) is 0 Å². The molecule has 9 nitrogen and oxygen atoms in total. The van der Waals surface area contributed by atoms with Crippen LogP contribution in [-0.4, -0.2) is 56.0 Å². The lowest BCUT2D eigenvalue weighted by Gasteiger charge is -2.29. The predicted molar refractivity (Wildman–Crippen MR) is 162 cm³/mol. The Hall–Kier alpha value is -3.89. The summed E-state index contributed by atoms with van der Waals surface area (Å²) < 4.78 is 0. The number of H-pyrrole nitrogens is 2. The molecule has 41 heavy (non-hydrogen) atoms.